The smallest absolute Gasteiger partial charge is 0.300 e. The molecule has 1 unspecified atom stereocenters. The molecule has 1 aliphatic heterocycles. The van der Waals surface area contributed by atoms with Gasteiger partial charge in [-0.2, -0.15) is 0 Å². The van der Waals surface area contributed by atoms with Crippen LogP contribution in [0.25, 0.3) is 0 Å². The van der Waals surface area contributed by atoms with E-state index in [0.29, 0.717) is 19.0 Å². The Balaban J connectivity index is 2.32. The second-order valence-corrected chi connectivity index (χ2v) is 5.17. The quantitative estimate of drug-likeness (QED) is 0.475. The van der Waals surface area contributed by atoms with Gasteiger partial charge in [0.25, 0.3) is 11.6 Å². The summed E-state index contributed by atoms with van der Waals surface area (Å²) in [4.78, 5) is 28.0. The molecule has 1 aromatic rings. The lowest BCUT2D eigenvalue weighted by Gasteiger charge is -2.30. The van der Waals surface area contributed by atoms with Crippen molar-refractivity contribution in [1.82, 2.24) is 9.88 Å². The monoisotopic (exact) mass is 283 g/mol. The fraction of sp³-hybridized carbons (Fsp3) is 0.500. The second kappa shape index (κ2) is 5.52. The zero-order valence-electron chi connectivity index (χ0n) is 10.5. The molecule has 0 saturated carbocycles. The number of rotatable bonds is 2. The SMILES string of the molecule is CC1CCCN(C(=O)c2cc(Cl)ncc2[N+](=O)[O-])C1. The molecule has 1 saturated heterocycles. The summed E-state index contributed by atoms with van der Waals surface area (Å²) in [6, 6.07) is 1.27. The summed E-state index contributed by atoms with van der Waals surface area (Å²) in [5.41, 5.74) is -0.285. The molecule has 0 bridgehead atoms. The third kappa shape index (κ3) is 3.01. The van der Waals surface area contributed by atoms with Crippen molar-refractivity contribution in [3.63, 3.8) is 0 Å². The molecule has 0 spiro atoms. The third-order valence-corrected chi connectivity index (χ3v) is 3.43. The molecule has 0 aromatic carbocycles. The van der Waals surface area contributed by atoms with Crippen LogP contribution in [-0.2, 0) is 0 Å². The fourth-order valence-electron chi connectivity index (χ4n) is 2.28. The van der Waals surface area contributed by atoms with Gasteiger partial charge in [-0.05, 0) is 24.8 Å². The highest BCUT2D eigenvalue weighted by atomic mass is 35.5. The van der Waals surface area contributed by atoms with Gasteiger partial charge in [-0.3, -0.25) is 14.9 Å². The average molecular weight is 284 g/mol. The van der Waals surface area contributed by atoms with Crippen molar-refractivity contribution in [3.8, 4) is 0 Å². The molecule has 1 aliphatic rings. The standard InChI is InChI=1S/C12H14ClN3O3/c1-8-3-2-4-15(7-8)12(17)9-5-11(13)14-6-10(9)16(18)19/h5-6,8H,2-4,7H2,1H3. The van der Waals surface area contributed by atoms with E-state index in [4.69, 9.17) is 11.6 Å². The van der Waals surface area contributed by atoms with Crippen LogP contribution in [0.2, 0.25) is 5.15 Å². The van der Waals surface area contributed by atoms with Crippen molar-refractivity contribution in [3.05, 3.63) is 33.1 Å². The van der Waals surface area contributed by atoms with Crippen LogP contribution in [0.4, 0.5) is 5.69 Å². The van der Waals surface area contributed by atoms with Crippen molar-refractivity contribution < 1.29 is 9.72 Å². The summed E-state index contributed by atoms with van der Waals surface area (Å²) in [5, 5.41) is 11.0. The number of pyridine rings is 1. The number of hydrogen-bond donors (Lipinski definition) is 0. The lowest BCUT2D eigenvalue weighted by molar-refractivity contribution is -0.385. The second-order valence-electron chi connectivity index (χ2n) is 4.78. The van der Waals surface area contributed by atoms with Gasteiger partial charge < -0.3 is 4.90 Å². The Bertz CT molecular complexity index is 521. The fourth-order valence-corrected chi connectivity index (χ4v) is 2.44. The van der Waals surface area contributed by atoms with Crippen LogP contribution in [0.1, 0.15) is 30.1 Å². The van der Waals surface area contributed by atoms with Crippen LogP contribution in [-0.4, -0.2) is 33.8 Å². The van der Waals surface area contributed by atoms with Crippen LogP contribution in [0.15, 0.2) is 12.3 Å². The zero-order valence-corrected chi connectivity index (χ0v) is 11.3. The molecule has 2 heterocycles. The van der Waals surface area contributed by atoms with Crippen LogP contribution < -0.4 is 0 Å². The van der Waals surface area contributed by atoms with Gasteiger partial charge in [0.1, 0.15) is 16.9 Å². The molecule has 1 atom stereocenters. The van der Waals surface area contributed by atoms with Crippen LogP contribution in [0.5, 0.6) is 0 Å². The maximum atomic E-state index is 12.4. The minimum absolute atomic E-state index is 0.0131. The Morgan fingerprint density at radius 3 is 3.00 bits per heavy atom. The molecule has 1 amide bonds. The molecule has 6 nitrogen and oxygen atoms in total. The number of amides is 1. The summed E-state index contributed by atoms with van der Waals surface area (Å²) in [6.45, 7) is 3.31. The molecular weight excluding hydrogens is 270 g/mol. The largest absolute Gasteiger partial charge is 0.338 e. The summed E-state index contributed by atoms with van der Waals surface area (Å²) in [5.74, 6) is 0.0663. The molecule has 7 heteroatoms. The first-order valence-corrected chi connectivity index (χ1v) is 6.46. The third-order valence-electron chi connectivity index (χ3n) is 3.22. The summed E-state index contributed by atoms with van der Waals surface area (Å²) in [7, 11) is 0. The molecule has 19 heavy (non-hydrogen) atoms. The number of carbonyl (C=O) groups is 1. The van der Waals surface area contributed by atoms with E-state index >= 15 is 0 Å². The van der Waals surface area contributed by atoms with Gasteiger partial charge >= 0.3 is 0 Å². The first kappa shape index (κ1) is 13.7. The highest BCUT2D eigenvalue weighted by molar-refractivity contribution is 6.29. The zero-order chi connectivity index (χ0) is 14.0. The van der Waals surface area contributed by atoms with Crippen molar-refractivity contribution in [2.75, 3.05) is 13.1 Å². The minimum Gasteiger partial charge on any atom is -0.338 e. The highest BCUT2D eigenvalue weighted by Crippen LogP contribution is 2.24. The Morgan fingerprint density at radius 2 is 2.37 bits per heavy atom. The van der Waals surface area contributed by atoms with Gasteiger partial charge in [-0.25, -0.2) is 4.98 Å². The Morgan fingerprint density at radius 1 is 1.63 bits per heavy atom. The number of nitrogens with zero attached hydrogens (tertiary/aromatic N) is 3. The first-order chi connectivity index (χ1) is 8.99. The number of likely N-dealkylation sites (tertiary alicyclic amines) is 1. The van der Waals surface area contributed by atoms with Gasteiger partial charge in [0.2, 0.25) is 0 Å². The number of hydrogen-bond acceptors (Lipinski definition) is 4. The molecule has 0 radical (unpaired) electrons. The lowest BCUT2D eigenvalue weighted by atomic mass is 9.99. The molecule has 1 aromatic heterocycles. The topological polar surface area (TPSA) is 76.3 Å². The van der Waals surface area contributed by atoms with E-state index in [9.17, 15) is 14.9 Å². The maximum Gasteiger partial charge on any atom is 0.300 e. The van der Waals surface area contributed by atoms with Gasteiger partial charge in [-0.15, -0.1) is 0 Å². The van der Waals surface area contributed by atoms with E-state index in [1.54, 1.807) is 4.90 Å². The summed E-state index contributed by atoms with van der Waals surface area (Å²) < 4.78 is 0. The van der Waals surface area contributed by atoms with Crippen molar-refractivity contribution in [2.24, 2.45) is 5.92 Å². The number of aromatic nitrogens is 1. The Labute approximate surface area is 115 Å². The van der Waals surface area contributed by atoms with Crippen LogP contribution in [0.3, 0.4) is 0 Å². The molecule has 0 aliphatic carbocycles. The predicted molar refractivity (Wildman–Crippen MR) is 70.2 cm³/mol. The Hall–Kier alpha value is -1.69. The normalized spacial score (nSPS) is 19.3. The van der Waals surface area contributed by atoms with E-state index < -0.39 is 4.92 Å². The number of halogens is 1. The molecule has 1 fully saturated rings. The highest BCUT2D eigenvalue weighted by Gasteiger charge is 2.28. The van der Waals surface area contributed by atoms with Crippen molar-refractivity contribution in [1.29, 1.82) is 0 Å². The number of piperidine rings is 1. The Kier molecular flexibility index (Phi) is 3.99. The molecule has 0 N–H and O–H groups in total. The van der Waals surface area contributed by atoms with E-state index in [-0.39, 0.29) is 22.3 Å². The van der Waals surface area contributed by atoms with Crippen LogP contribution in [0, 0.1) is 16.0 Å². The van der Waals surface area contributed by atoms with Gasteiger partial charge in [0.15, 0.2) is 0 Å². The molecular formula is C12H14ClN3O3. The van der Waals surface area contributed by atoms with Gasteiger partial charge in [0, 0.05) is 13.1 Å². The first-order valence-electron chi connectivity index (χ1n) is 6.08. The van der Waals surface area contributed by atoms with Crippen molar-refractivity contribution >= 4 is 23.2 Å². The van der Waals surface area contributed by atoms with E-state index in [1.165, 1.54) is 6.07 Å². The predicted octanol–water partition coefficient (Wildman–Crippen LogP) is 2.52. The maximum absolute atomic E-state index is 12.4. The average Bonchev–Trinajstić information content (AvgIpc) is 2.37. The molecule has 102 valence electrons. The van der Waals surface area contributed by atoms with Gasteiger partial charge in [0.05, 0.1) is 4.92 Å². The van der Waals surface area contributed by atoms with E-state index in [0.717, 1.165) is 19.0 Å². The summed E-state index contributed by atoms with van der Waals surface area (Å²) >= 11 is 5.73. The van der Waals surface area contributed by atoms with Crippen LogP contribution >= 0.6 is 11.6 Å². The molecule has 2 rings (SSSR count). The minimum atomic E-state index is -0.607. The number of nitro groups is 1. The van der Waals surface area contributed by atoms with E-state index in [1.807, 2.05) is 0 Å². The van der Waals surface area contributed by atoms with Gasteiger partial charge in [-0.1, -0.05) is 18.5 Å². The number of carbonyl (C=O) groups excluding carboxylic acids is 1. The van der Waals surface area contributed by atoms with E-state index in [2.05, 4.69) is 11.9 Å². The van der Waals surface area contributed by atoms with Crippen molar-refractivity contribution in [2.45, 2.75) is 19.8 Å². The summed E-state index contributed by atoms with van der Waals surface area (Å²) in [6.07, 6.45) is 3.02. The lowest BCUT2D eigenvalue weighted by Crippen LogP contribution is -2.39.